The molecule has 3 aromatic rings. The first-order chi connectivity index (χ1) is 13.6. The van der Waals surface area contributed by atoms with E-state index in [2.05, 4.69) is 4.98 Å². The van der Waals surface area contributed by atoms with Gasteiger partial charge in [0.2, 0.25) is 0 Å². The molecule has 7 nitrogen and oxygen atoms in total. The second kappa shape index (κ2) is 8.67. The van der Waals surface area contributed by atoms with Crippen molar-refractivity contribution in [3.63, 3.8) is 0 Å². The molecule has 0 unspecified atom stereocenters. The zero-order chi connectivity index (χ0) is 20.1. The Morgan fingerprint density at radius 1 is 1.14 bits per heavy atom. The van der Waals surface area contributed by atoms with Crippen molar-refractivity contribution >= 4 is 17.0 Å². The number of aliphatic hydroxyl groups is 1. The molecule has 0 spiro atoms. The van der Waals surface area contributed by atoms with Crippen LogP contribution in [-0.2, 0) is 22.5 Å². The summed E-state index contributed by atoms with van der Waals surface area (Å²) < 4.78 is 11.3. The summed E-state index contributed by atoms with van der Waals surface area (Å²) in [7, 11) is 2.81. The molecule has 1 heterocycles. The number of hydrogen-bond acceptors (Lipinski definition) is 6. The molecule has 0 saturated carbocycles. The van der Waals surface area contributed by atoms with E-state index in [9.17, 15) is 9.59 Å². The van der Waals surface area contributed by atoms with Gasteiger partial charge in [-0.05, 0) is 30.5 Å². The third-order valence-corrected chi connectivity index (χ3v) is 4.52. The summed E-state index contributed by atoms with van der Waals surface area (Å²) >= 11 is 0. The molecule has 146 valence electrons. The van der Waals surface area contributed by atoms with Crippen LogP contribution in [0.4, 0.5) is 0 Å². The molecule has 0 aliphatic rings. The van der Waals surface area contributed by atoms with Crippen molar-refractivity contribution in [2.45, 2.75) is 19.4 Å². The van der Waals surface area contributed by atoms with Gasteiger partial charge in [0.1, 0.15) is 18.0 Å². The van der Waals surface area contributed by atoms with E-state index in [0.717, 1.165) is 12.0 Å². The van der Waals surface area contributed by atoms with Gasteiger partial charge < -0.3 is 14.6 Å². The molecule has 1 N–H and O–H groups in total. The minimum Gasteiger partial charge on any atom is -0.497 e. The predicted molar refractivity (Wildman–Crippen MR) is 105 cm³/mol. The molecular formula is C21H22N2O5. The molecule has 28 heavy (non-hydrogen) atoms. The molecule has 0 saturated heterocycles. The van der Waals surface area contributed by atoms with Crippen molar-refractivity contribution in [1.29, 1.82) is 0 Å². The van der Waals surface area contributed by atoms with Crippen molar-refractivity contribution < 1.29 is 19.4 Å². The van der Waals surface area contributed by atoms with Gasteiger partial charge in [-0.2, -0.15) is 0 Å². The molecule has 0 aliphatic heterocycles. The molecule has 0 amide bonds. The van der Waals surface area contributed by atoms with Crippen LogP contribution in [0.5, 0.6) is 5.75 Å². The summed E-state index contributed by atoms with van der Waals surface area (Å²) in [6.45, 7) is -0.0845. The minimum atomic E-state index is -0.525. The van der Waals surface area contributed by atoms with Gasteiger partial charge in [0, 0.05) is 18.2 Å². The lowest BCUT2D eigenvalue weighted by atomic mass is 10.1. The monoisotopic (exact) mass is 382 g/mol. The Balaban J connectivity index is 2.13. The maximum Gasteiger partial charge on any atom is 0.325 e. The highest BCUT2D eigenvalue weighted by molar-refractivity contribution is 5.81. The van der Waals surface area contributed by atoms with Gasteiger partial charge in [-0.15, -0.1) is 0 Å². The second-order valence-corrected chi connectivity index (χ2v) is 6.31. The number of fused-ring (bicyclic) bond motifs is 1. The van der Waals surface area contributed by atoms with Gasteiger partial charge in [-0.3, -0.25) is 14.2 Å². The molecule has 1 aromatic heterocycles. The molecule has 0 aliphatic carbocycles. The van der Waals surface area contributed by atoms with E-state index in [1.54, 1.807) is 18.2 Å². The maximum absolute atomic E-state index is 13.1. The first-order valence-electron chi connectivity index (χ1n) is 8.93. The van der Waals surface area contributed by atoms with Gasteiger partial charge in [0.25, 0.3) is 5.56 Å². The van der Waals surface area contributed by atoms with E-state index in [1.165, 1.54) is 18.8 Å². The topological polar surface area (TPSA) is 90.7 Å². The Morgan fingerprint density at radius 2 is 1.89 bits per heavy atom. The lowest BCUT2D eigenvalue weighted by molar-refractivity contribution is -0.141. The summed E-state index contributed by atoms with van der Waals surface area (Å²) in [5, 5.41) is 8.96. The van der Waals surface area contributed by atoms with Gasteiger partial charge in [0.05, 0.1) is 25.3 Å². The molecule has 0 fully saturated rings. The van der Waals surface area contributed by atoms with E-state index in [1.807, 2.05) is 24.3 Å². The van der Waals surface area contributed by atoms with E-state index in [4.69, 9.17) is 14.6 Å². The van der Waals surface area contributed by atoms with E-state index >= 15 is 0 Å². The fraction of sp³-hybridized carbons (Fsp3) is 0.286. The van der Waals surface area contributed by atoms with Crippen LogP contribution < -0.4 is 10.3 Å². The average Bonchev–Trinajstić information content (AvgIpc) is 2.74. The third-order valence-electron chi connectivity index (χ3n) is 4.52. The number of ether oxygens (including phenoxy) is 2. The highest BCUT2D eigenvalue weighted by Gasteiger charge is 2.16. The molecule has 0 radical (unpaired) electrons. The van der Waals surface area contributed by atoms with Crippen LogP contribution in [-0.4, -0.2) is 41.5 Å². The fourth-order valence-electron chi connectivity index (χ4n) is 3.00. The van der Waals surface area contributed by atoms with Crippen molar-refractivity contribution in [3.8, 4) is 17.0 Å². The van der Waals surface area contributed by atoms with Crippen LogP contribution in [0.25, 0.3) is 22.3 Å². The summed E-state index contributed by atoms with van der Waals surface area (Å²) in [4.78, 5) is 29.5. The molecule has 0 bridgehead atoms. The number of aryl methyl sites for hydroxylation is 1. The standard InChI is InChI=1S/C21H22N2O5/c1-27-16-9-10-17-18(12-16)23(13-19(25)28-2)21(26)20(22-17)15-7-5-14(6-8-15)4-3-11-24/h5-10,12,24H,3-4,11,13H2,1-2H3. The van der Waals surface area contributed by atoms with Crippen molar-refractivity contribution in [2.24, 2.45) is 0 Å². The Morgan fingerprint density at radius 3 is 2.54 bits per heavy atom. The number of carbonyl (C=O) groups excluding carboxylic acids is 1. The smallest absolute Gasteiger partial charge is 0.325 e. The number of aromatic nitrogens is 2. The lowest BCUT2D eigenvalue weighted by Crippen LogP contribution is -2.27. The zero-order valence-corrected chi connectivity index (χ0v) is 15.8. The second-order valence-electron chi connectivity index (χ2n) is 6.31. The molecule has 2 aromatic carbocycles. The molecule has 3 rings (SSSR count). The largest absolute Gasteiger partial charge is 0.497 e. The summed E-state index contributed by atoms with van der Waals surface area (Å²) in [6, 6.07) is 12.7. The average molecular weight is 382 g/mol. The number of rotatable bonds is 7. The predicted octanol–water partition coefficient (Wildman–Crippen LogP) is 2.17. The minimum absolute atomic E-state index is 0.135. The van der Waals surface area contributed by atoms with Crippen LogP contribution in [0.3, 0.4) is 0 Å². The Hall–Kier alpha value is -3.19. The number of carbonyl (C=O) groups is 1. The molecular weight excluding hydrogens is 360 g/mol. The van der Waals surface area contributed by atoms with E-state index in [-0.39, 0.29) is 24.4 Å². The van der Waals surface area contributed by atoms with Crippen LogP contribution in [0, 0.1) is 0 Å². The highest BCUT2D eigenvalue weighted by atomic mass is 16.5. The Labute approximate surface area is 162 Å². The van der Waals surface area contributed by atoms with Crippen molar-refractivity contribution in [2.75, 3.05) is 20.8 Å². The highest BCUT2D eigenvalue weighted by Crippen LogP contribution is 2.22. The molecule has 7 heteroatoms. The third kappa shape index (κ3) is 4.04. The van der Waals surface area contributed by atoms with Gasteiger partial charge >= 0.3 is 5.97 Å². The van der Waals surface area contributed by atoms with E-state index < -0.39 is 5.97 Å². The number of aliphatic hydroxyl groups excluding tert-OH is 1. The van der Waals surface area contributed by atoms with Crippen LogP contribution in [0.15, 0.2) is 47.3 Å². The lowest BCUT2D eigenvalue weighted by Gasteiger charge is -2.13. The molecule has 0 atom stereocenters. The van der Waals surface area contributed by atoms with Gasteiger partial charge in [-0.1, -0.05) is 24.3 Å². The number of methoxy groups -OCH3 is 2. The first kappa shape index (κ1) is 19.6. The van der Waals surface area contributed by atoms with Crippen LogP contribution in [0.1, 0.15) is 12.0 Å². The number of nitrogens with zero attached hydrogens (tertiary/aromatic N) is 2. The SMILES string of the molecule is COC(=O)Cn1c(=O)c(-c2ccc(CCCO)cc2)nc2ccc(OC)cc21. The fourth-order valence-corrected chi connectivity index (χ4v) is 3.00. The van der Waals surface area contributed by atoms with Crippen LogP contribution >= 0.6 is 0 Å². The number of benzene rings is 2. The summed E-state index contributed by atoms with van der Waals surface area (Å²) in [5.74, 6) is 0.0380. The number of hydrogen-bond donors (Lipinski definition) is 1. The normalized spacial score (nSPS) is 10.8. The summed E-state index contributed by atoms with van der Waals surface area (Å²) in [5.41, 5.74) is 2.68. The van der Waals surface area contributed by atoms with Gasteiger partial charge in [0.15, 0.2) is 0 Å². The quantitative estimate of drug-likeness (QED) is 0.630. The summed E-state index contributed by atoms with van der Waals surface area (Å²) in [6.07, 6.45) is 1.44. The maximum atomic E-state index is 13.1. The van der Waals surface area contributed by atoms with Gasteiger partial charge in [-0.25, -0.2) is 4.98 Å². The number of esters is 1. The van der Waals surface area contributed by atoms with Crippen LogP contribution in [0.2, 0.25) is 0 Å². The Kier molecular flexibility index (Phi) is 6.06. The van der Waals surface area contributed by atoms with Crippen molar-refractivity contribution in [1.82, 2.24) is 9.55 Å². The first-order valence-corrected chi connectivity index (χ1v) is 8.93. The van der Waals surface area contributed by atoms with Crippen molar-refractivity contribution in [3.05, 3.63) is 58.4 Å². The van der Waals surface area contributed by atoms with E-state index in [0.29, 0.717) is 28.8 Å². The zero-order valence-electron chi connectivity index (χ0n) is 15.8. The Bertz CT molecular complexity index is 1040.